The molecule has 1 N–H and O–H groups in total. The van der Waals surface area contributed by atoms with Gasteiger partial charge >= 0.3 is 0 Å². The highest BCUT2D eigenvalue weighted by Crippen LogP contribution is 1.94. The molecule has 0 aromatic heterocycles. The molecule has 0 rings (SSSR count). The van der Waals surface area contributed by atoms with E-state index in [0.717, 1.165) is 32.7 Å². The van der Waals surface area contributed by atoms with Crippen molar-refractivity contribution in [3.8, 4) is 0 Å². The molecule has 3 nitrogen and oxygen atoms in total. The molecule has 0 aliphatic heterocycles. The lowest BCUT2D eigenvalue weighted by atomic mass is 10.2. The van der Waals surface area contributed by atoms with Crippen molar-refractivity contribution in [2.24, 2.45) is 0 Å². The summed E-state index contributed by atoms with van der Waals surface area (Å²) in [5.41, 5.74) is 1.29. The first-order valence-electron chi connectivity index (χ1n) is 4.65. The van der Waals surface area contributed by atoms with E-state index in [1.807, 2.05) is 0 Å². The molecule has 0 saturated carbocycles. The van der Waals surface area contributed by atoms with Gasteiger partial charge in [0.1, 0.15) is 0 Å². The van der Waals surface area contributed by atoms with E-state index in [4.69, 9.17) is 9.47 Å². The van der Waals surface area contributed by atoms with Crippen LogP contribution in [-0.4, -0.2) is 40.5 Å². The first kappa shape index (κ1) is 12.6. The maximum absolute atomic E-state index is 4.99. The summed E-state index contributed by atoms with van der Waals surface area (Å²) in [7, 11) is 3.43. The molecule has 0 aromatic carbocycles. The fourth-order valence-electron chi connectivity index (χ4n) is 1.01. The molecule has 13 heavy (non-hydrogen) atoms. The zero-order valence-corrected chi connectivity index (χ0v) is 8.93. The number of hydrogen-bond acceptors (Lipinski definition) is 3. The summed E-state index contributed by atoms with van der Waals surface area (Å²) in [6, 6.07) is 0. The fraction of sp³-hybridized carbons (Fsp3) is 0.800. The Morgan fingerprint density at radius 1 is 1.23 bits per heavy atom. The second-order valence-electron chi connectivity index (χ2n) is 3.01. The minimum atomic E-state index is 0.734. The number of rotatable bonds is 8. The molecule has 0 atom stereocenters. The first-order chi connectivity index (χ1) is 6.31. The highest BCUT2D eigenvalue weighted by Gasteiger charge is 1.88. The van der Waals surface area contributed by atoms with Crippen molar-refractivity contribution < 1.29 is 9.47 Å². The van der Waals surface area contributed by atoms with Crippen molar-refractivity contribution in [3.05, 3.63) is 11.6 Å². The fourth-order valence-corrected chi connectivity index (χ4v) is 1.01. The van der Waals surface area contributed by atoms with Crippen LogP contribution < -0.4 is 5.32 Å². The molecule has 0 heterocycles. The Bertz CT molecular complexity index is 135. The van der Waals surface area contributed by atoms with Crippen LogP contribution in [0.5, 0.6) is 0 Å². The quantitative estimate of drug-likeness (QED) is 0.457. The Hall–Kier alpha value is -0.380. The van der Waals surface area contributed by atoms with Gasteiger partial charge in [-0.2, -0.15) is 0 Å². The molecule has 0 amide bonds. The molecular formula is C10H21NO2. The van der Waals surface area contributed by atoms with Crippen LogP contribution in [0.4, 0.5) is 0 Å². The minimum absolute atomic E-state index is 0.734. The summed E-state index contributed by atoms with van der Waals surface area (Å²) >= 11 is 0. The topological polar surface area (TPSA) is 30.5 Å². The summed E-state index contributed by atoms with van der Waals surface area (Å²) in [4.78, 5) is 0. The molecule has 78 valence electrons. The summed E-state index contributed by atoms with van der Waals surface area (Å²) in [6.45, 7) is 5.52. The zero-order valence-electron chi connectivity index (χ0n) is 8.93. The summed E-state index contributed by atoms with van der Waals surface area (Å²) in [6.07, 6.45) is 3.25. The van der Waals surface area contributed by atoms with Crippen LogP contribution in [0.1, 0.15) is 13.3 Å². The van der Waals surface area contributed by atoms with E-state index in [0.29, 0.717) is 0 Å². The molecule has 0 radical (unpaired) electrons. The molecule has 0 bridgehead atoms. The molecule has 0 fully saturated rings. The number of nitrogens with one attached hydrogen (secondary N) is 1. The van der Waals surface area contributed by atoms with E-state index in [-0.39, 0.29) is 0 Å². The predicted molar refractivity (Wildman–Crippen MR) is 55.0 cm³/mol. The average Bonchev–Trinajstić information content (AvgIpc) is 2.11. The van der Waals surface area contributed by atoms with Crippen molar-refractivity contribution >= 4 is 0 Å². The molecule has 0 saturated heterocycles. The van der Waals surface area contributed by atoms with Gasteiger partial charge < -0.3 is 14.8 Å². The van der Waals surface area contributed by atoms with Gasteiger partial charge in [-0.05, 0) is 19.9 Å². The lowest BCUT2D eigenvalue weighted by Crippen LogP contribution is -2.19. The summed E-state index contributed by atoms with van der Waals surface area (Å²) in [5.74, 6) is 0. The van der Waals surface area contributed by atoms with Gasteiger partial charge in [0.15, 0.2) is 0 Å². The van der Waals surface area contributed by atoms with Gasteiger partial charge in [-0.25, -0.2) is 0 Å². The minimum Gasteiger partial charge on any atom is -0.383 e. The number of methoxy groups -OCH3 is 2. The van der Waals surface area contributed by atoms with Gasteiger partial charge in [0.25, 0.3) is 0 Å². The molecule has 3 heteroatoms. The van der Waals surface area contributed by atoms with Gasteiger partial charge in [0.2, 0.25) is 0 Å². The maximum atomic E-state index is 4.99. The van der Waals surface area contributed by atoms with Crippen LogP contribution >= 0.6 is 0 Å². The van der Waals surface area contributed by atoms with Crippen molar-refractivity contribution in [2.75, 3.05) is 40.5 Å². The van der Waals surface area contributed by atoms with Crippen LogP contribution in [0.2, 0.25) is 0 Å². The smallest absolute Gasteiger partial charge is 0.0670 e. The molecule has 0 aromatic rings. The van der Waals surface area contributed by atoms with Gasteiger partial charge in [0.05, 0.1) is 13.2 Å². The third-order valence-corrected chi connectivity index (χ3v) is 1.67. The summed E-state index contributed by atoms with van der Waals surface area (Å²) < 4.78 is 9.90. The number of ether oxygens (including phenoxy) is 2. The second-order valence-corrected chi connectivity index (χ2v) is 3.01. The Kier molecular flexibility index (Phi) is 9.42. The summed E-state index contributed by atoms with van der Waals surface area (Å²) in [5, 5.41) is 3.27. The normalized spacial score (nSPS) is 12.1. The van der Waals surface area contributed by atoms with Crippen LogP contribution in [0.25, 0.3) is 0 Å². The SMILES string of the molecule is COCCNCCC=C(C)COC. The first-order valence-corrected chi connectivity index (χ1v) is 4.65. The maximum Gasteiger partial charge on any atom is 0.0670 e. The second kappa shape index (κ2) is 9.71. The number of hydrogen-bond donors (Lipinski definition) is 1. The van der Waals surface area contributed by atoms with Gasteiger partial charge in [-0.3, -0.25) is 0 Å². The molecular weight excluding hydrogens is 166 g/mol. The predicted octanol–water partition coefficient (Wildman–Crippen LogP) is 1.21. The van der Waals surface area contributed by atoms with Crippen LogP contribution in [0, 0.1) is 0 Å². The van der Waals surface area contributed by atoms with Crippen LogP contribution in [0.3, 0.4) is 0 Å². The van der Waals surface area contributed by atoms with E-state index < -0.39 is 0 Å². The molecule has 0 unspecified atom stereocenters. The highest BCUT2D eigenvalue weighted by molar-refractivity contribution is 4.98. The molecule has 0 spiro atoms. The van der Waals surface area contributed by atoms with Gasteiger partial charge in [-0.1, -0.05) is 11.6 Å². The van der Waals surface area contributed by atoms with Crippen molar-refractivity contribution in [3.63, 3.8) is 0 Å². The van der Waals surface area contributed by atoms with Crippen LogP contribution in [-0.2, 0) is 9.47 Å². The molecule has 0 aliphatic carbocycles. The van der Waals surface area contributed by atoms with Crippen molar-refractivity contribution in [1.29, 1.82) is 0 Å². The third kappa shape index (κ3) is 9.53. The Balaban J connectivity index is 3.18. The van der Waals surface area contributed by atoms with E-state index >= 15 is 0 Å². The highest BCUT2D eigenvalue weighted by atomic mass is 16.5. The van der Waals surface area contributed by atoms with Gasteiger partial charge in [0, 0.05) is 20.8 Å². The Labute approximate surface area is 81.1 Å². The standard InChI is InChI=1S/C10H21NO2/c1-10(9-13-3)5-4-6-11-7-8-12-2/h5,11H,4,6-9H2,1-3H3. The molecule has 0 aliphatic rings. The van der Waals surface area contributed by atoms with Crippen molar-refractivity contribution in [1.82, 2.24) is 5.32 Å². The van der Waals surface area contributed by atoms with E-state index in [2.05, 4.69) is 18.3 Å². The van der Waals surface area contributed by atoms with Crippen LogP contribution in [0.15, 0.2) is 11.6 Å². The van der Waals surface area contributed by atoms with E-state index in [1.54, 1.807) is 14.2 Å². The Morgan fingerprint density at radius 3 is 2.62 bits per heavy atom. The van der Waals surface area contributed by atoms with E-state index in [9.17, 15) is 0 Å². The third-order valence-electron chi connectivity index (χ3n) is 1.67. The lowest BCUT2D eigenvalue weighted by molar-refractivity contribution is 0.199. The Morgan fingerprint density at radius 2 is 2.00 bits per heavy atom. The van der Waals surface area contributed by atoms with E-state index in [1.165, 1.54) is 5.57 Å². The zero-order chi connectivity index (χ0) is 9.94. The van der Waals surface area contributed by atoms with Crippen molar-refractivity contribution in [2.45, 2.75) is 13.3 Å². The lowest BCUT2D eigenvalue weighted by Gasteiger charge is -2.02. The largest absolute Gasteiger partial charge is 0.383 e. The van der Waals surface area contributed by atoms with Gasteiger partial charge in [-0.15, -0.1) is 0 Å². The average molecular weight is 187 g/mol. The monoisotopic (exact) mass is 187 g/mol.